The molecule has 0 aliphatic carbocycles. The second kappa shape index (κ2) is 6.51. The molecule has 23 heavy (non-hydrogen) atoms. The van der Waals surface area contributed by atoms with Crippen LogP contribution in [0.5, 0.6) is 0 Å². The van der Waals surface area contributed by atoms with E-state index in [-0.39, 0.29) is 4.90 Å². The van der Waals surface area contributed by atoms with Crippen LogP contribution < -0.4 is 0 Å². The molecule has 3 rings (SSSR count). The number of nitrogens with zero attached hydrogens (tertiary/aromatic N) is 4. The highest BCUT2D eigenvalue weighted by Crippen LogP contribution is 2.25. The number of hydrogen-bond donors (Lipinski definition) is 0. The van der Waals surface area contributed by atoms with Gasteiger partial charge in [0.2, 0.25) is 10.0 Å². The van der Waals surface area contributed by atoms with Gasteiger partial charge in [0.25, 0.3) is 0 Å². The maximum absolute atomic E-state index is 12.8. The van der Waals surface area contributed by atoms with Gasteiger partial charge in [-0.05, 0) is 46.8 Å². The maximum Gasteiger partial charge on any atom is 0.248 e. The van der Waals surface area contributed by atoms with Gasteiger partial charge < -0.3 is 9.42 Å². The SMILES string of the molecule is Cc1noc(C)c1S(=O)(=O)N1CCN(C2CCN(C)CC2)CC1. The molecule has 3 heterocycles. The van der Waals surface area contributed by atoms with Crippen molar-refractivity contribution >= 4 is 10.0 Å². The minimum Gasteiger partial charge on any atom is -0.360 e. The zero-order valence-corrected chi connectivity index (χ0v) is 15.0. The van der Waals surface area contributed by atoms with Crippen molar-refractivity contribution in [3.05, 3.63) is 11.5 Å². The molecule has 0 saturated carbocycles. The fourth-order valence-corrected chi connectivity index (χ4v) is 5.35. The van der Waals surface area contributed by atoms with E-state index in [2.05, 4.69) is 22.0 Å². The van der Waals surface area contributed by atoms with Crippen molar-refractivity contribution < 1.29 is 12.9 Å². The van der Waals surface area contributed by atoms with Gasteiger partial charge in [0.15, 0.2) is 5.76 Å². The lowest BCUT2D eigenvalue weighted by molar-refractivity contribution is 0.0892. The minimum absolute atomic E-state index is 0.241. The molecule has 0 unspecified atom stereocenters. The third kappa shape index (κ3) is 3.31. The molecule has 1 aromatic heterocycles. The normalized spacial score (nSPS) is 23.4. The third-order valence-corrected chi connectivity index (χ3v) is 7.19. The predicted molar refractivity (Wildman–Crippen MR) is 86.8 cm³/mol. The summed E-state index contributed by atoms with van der Waals surface area (Å²) in [4.78, 5) is 5.05. The Morgan fingerprint density at radius 3 is 2.17 bits per heavy atom. The molecule has 130 valence electrons. The number of piperidine rings is 1. The topological polar surface area (TPSA) is 69.9 Å². The van der Waals surface area contributed by atoms with E-state index < -0.39 is 10.0 Å². The maximum atomic E-state index is 12.8. The van der Waals surface area contributed by atoms with Gasteiger partial charge in [-0.3, -0.25) is 4.90 Å². The molecule has 2 fully saturated rings. The van der Waals surface area contributed by atoms with Crippen LogP contribution in [0.4, 0.5) is 0 Å². The summed E-state index contributed by atoms with van der Waals surface area (Å²) in [7, 11) is -1.34. The molecule has 7 nitrogen and oxygen atoms in total. The van der Waals surface area contributed by atoms with Crippen molar-refractivity contribution in [3.63, 3.8) is 0 Å². The van der Waals surface area contributed by atoms with Crippen molar-refractivity contribution in [2.75, 3.05) is 46.3 Å². The smallest absolute Gasteiger partial charge is 0.248 e. The Morgan fingerprint density at radius 1 is 1.04 bits per heavy atom. The molecular weight excluding hydrogens is 316 g/mol. The zero-order valence-electron chi connectivity index (χ0n) is 14.2. The highest BCUT2D eigenvalue weighted by Gasteiger charge is 2.35. The molecule has 0 radical (unpaired) electrons. The first-order valence-electron chi connectivity index (χ1n) is 8.25. The van der Waals surface area contributed by atoms with E-state index in [1.165, 1.54) is 12.8 Å². The van der Waals surface area contributed by atoms with E-state index in [9.17, 15) is 8.42 Å². The minimum atomic E-state index is -3.50. The van der Waals surface area contributed by atoms with Gasteiger partial charge in [-0.1, -0.05) is 5.16 Å². The molecular formula is C15H26N4O3S. The van der Waals surface area contributed by atoms with Gasteiger partial charge in [-0.2, -0.15) is 4.31 Å². The molecule has 2 aliphatic heterocycles. The lowest BCUT2D eigenvalue weighted by atomic mass is 10.0. The number of hydrogen-bond acceptors (Lipinski definition) is 6. The van der Waals surface area contributed by atoms with Crippen molar-refractivity contribution in [1.82, 2.24) is 19.3 Å². The number of piperazine rings is 1. The van der Waals surface area contributed by atoms with Crippen LogP contribution in [0.3, 0.4) is 0 Å². The van der Waals surface area contributed by atoms with E-state index in [1.807, 2.05) is 0 Å². The first-order chi connectivity index (χ1) is 10.9. The van der Waals surface area contributed by atoms with E-state index in [0.29, 0.717) is 30.6 Å². The van der Waals surface area contributed by atoms with Crippen LogP contribution in [0.1, 0.15) is 24.3 Å². The van der Waals surface area contributed by atoms with Gasteiger partial charge in [0, 0.05) is 32.2 Å². The number of rotatable bonds is 3. The first-order valence-corrected chi connectivity index (χ1v) is 9.69. The lowest BCUT2D eigenvalue weighted by Crippen LogP contribution is -2.54. The molecule has 0 bridgehead atoms. The van der Waals surface area contributed by atoms with Crippen LogP contribution in [0.2, 0.25) is 0 Å². The number of sulfonamides is 1. The van der Waals surface area contributed by atoms with Crippen LogP contribution in [0.15, 0.2) is 9.42 Å². The summed E-state index contributed by atoms with van der Waals surface area (Å²) in [5.74, 6) is 0.375. The van der Waals surface area contributed by atoms with E-state index >= 15 is 0 Å². The summed E-state index contributed by atoms with van der Waals surface area (Å²) >= 11 is 0. The van der Waals surface area contributed by atoms with Crippen LogP contribution >= 0.6 is 0 Å². The Morgan fingerprint density at radius 2 is 1.65 bits per heavy atom. The van der Waals surface area contributed by atoms with Gasteiger partial charge in [-0.25, -0.2) is 8.42 Å². The van der Waals surface area contributed by atoms with Crippen LogP contribution in [0, 0.1) is 13.8 Å². The van der Waals surface area contributed by atoms with Gasteiger partial charge >= 0.3 is 0 Å². The van der Waals surface area contributed by atoms with E-state index in [4.69, 9.17) is 4.52 Å². The standard InChI is InChI=1S/C15H26N4O3S/c1-12-15(13(2)22-16-12)23(20,21)19-10-8-18(9-11-19)14-4-6-17(3)7-5-14/h14H,4-11H2,1-3H3. The molecule has 0 atom stereocenters. The highest BCUT2D eigenvalue weighted by molar-refractivity contribution is 7.89. The summed E-state index contributed by atoms with van der Waals surface area (Å²) in [5.41, 5.74) is 0.445. The third-order valence-electron chi connectivity index (χ3n) is 5.04. The molecule has 0 aromatic carbocycles. The molecule has 2 aliphatic rings. The summed E-state index contributed by atoms with van der Waals surface area (Å²) in [6, 6.07) is 0.593. The average Bonchev–Trinajstić information content (AvgIpc) is 2.88. The first kappa shape index (κ1) is 16.9. The average molecular weight is 342 g/mol. The van der Waals surface area contributed by atoms with Crippen LogP contribution in [-0.2, 0) is 10.0 Å². The van der Waals surface area contributed by atoms with Crippen molar-refractivity contribution in [2.45, 2.75) is 37.6 Å². The molecule has 0 N–H and O–H groups in total. The number of aryl methyl sites for hydroxylation is 2. The fourth-order valence-electron chi connectivity index (χ4n) is 3.64. The monoisotopic (exact) mass is 342 g/mol. The Kier molecular flexibility index (Phi) is 4.78. The van der Waals surface area contributed by atoms with Crippen LogP contribution in [-0.4, -0.2) is 80.0 Å². The number of likely N-dealkylation sites (tertiary alicyclic amines) is 1. The van der Waals surface area contributed by atoms with Gasteiger partial charge in [0.05, 0.1) is 0 Å². The summed E-state index contributed by atoms with van der Waals surface area (Å²) in [6.07, 6.45) is 2.35. The number of aromatic nitrogens is 1. The van der Waals surface area contributed by atoms with E-state index in [0.717, 1.165) is 26.2 Å². The Bertz CT molecular complexity index is 622. The highest BCUT2D eigenvalue weighted by atomic mass is 32.2. The van der Waals surface area contributed by atoms with Crippen LogP contribution in [0.25, 0.3) is 0 Å². The van der Waals surface area contributed by atoms with Gasteiger partial charge in [-0.15, -0.1) is 0 Å². The van der Waals surface area contributed by atoms with Crippen molar-refractivity contribution in [2.24, 2.45) is 0 Å². The molecule has 0 amide bonds. The van der Waals surface area contributed by atoms with E-state index in [1.54, 1.807) is 18.2 Å². The molecule has 8 heteroatoms. The zero-order chi connectivity index (χ0) is 16.6. The Hall–Kier alpha value is -0.960. The lowest BCUT2D eigenvalue weighted by Gasteiger charge is -2.41. The Labute approximate surface area is 138 Å². The second-order valence-electron chi connectivity index (χ2n) is 6.63. The molecule has 0 spiro atoms. The van der Waals surface area contributed by atoms with Gasteiger partial charge in [0.1, 0.15) is 10.6 Å². The summed E-state index contributed by atoms with van der Waals surface area (Å²) in [6.45, 7) is 8.27. The van der Waals surface area contributed by atoms with Crippen molar-refractivity contribution in [3.8, 4) is 0 Å². The molecule has 1 aromatic rings. The quantitative estimate of drug-likeness (QED) is 0.805. The summed E-state index contributed by atoms with van der Waals surface area (Å²) < 4.78 is 32.2. The van der Waals surface area contributed by atoms with Crippen molar-refractivity contribution in [1.29, 1.82) is 0 Å². The fraction of sp³-hybridized carbons (Fsp3) is 0.800. The Balaban J connectivity index is 1.65. The predicted octanol–water partition coefficient (Wildman–Crippen LogP) is 0.692. The largest absolute Gasteiger partial charge is 0.360 e. The summed E-state index contributed by atoms with van der Waals surface area (Å²) in [5, 5.41) is 3.78. The molecule has 2 saturated heterocycles. The second-order valence-corrected chi connectivity index (χ2v) is 8.50.